The van der Waals surface area contributed by atoms with Gasteiger partial charge in [-0.25, -0.2) is 0 Å². The van der Waals surface area contributed by atoms with Gasteiger partial charge in [0.15, 0.2) is 0 Å². The summed E-state index contributed by atoms with van der Waals surface area (Å²) in [7, 11) is 1.67. The maximum Gasteiger partial charge on any atom is 0.323 e. The van der Waals surface area contributed by atoms with Crippen LogP contribution < -0.4 is 4.74 Å². The maximum absolute atomic E-state index is 11.8. The van der Waals surface area contributed by atoms with Gasteiger partial charge in [0, 0.05) is 22.9 Å². The minimum Gasteiger partial charge on any atom is -0.495 e. The smallest absolute Gasteiger partial charge is 0.323 e. The number of carboxylic acids is 1. The highest BCUT2D eigenvalue weighted by Crippen LogP contribution is 2.42. The van der Waals surface area contributed by atoms with Gasteiger partial charge in [-0.3, -0.25) is 9.63 Å². The molecule has 25 heavy (non-hydrogen) atoms. The molecule has 2 unspecified atom stereocenters. The molecule has 2 heterocycles. The fourth-order valence-electron chi connectivity index (χ4n) is 3.29. The molecular weight excluding hydrogens is 338 g/mol. The largest absolute Gasteiger partial charge is 0.495 e. The van der Waals surface area contributed by atoms with Crippen molar-refractivity contribution in [2.75, 3.05) is 13.7 Å². The number of carbonyl (C=O) groups is 1. The molecule has 3 rings (SSSR count). The first-order chi connectivity index (χ1) is 12.1. The Hall–Kier alpha value is -1.89. The molecule has 1 N–H and O–H groups in total. The Morgan fingerprint density at radius 1 is 1.36 bits per heavy atom. The molecule has 2 atom stereocenters. The van der Waals surface area contributed by atoms with Gasteiger partial charge in [0.25, 0.3) is 0 Å². The van der Waals surface area contributed by atoms with Gasteiger partial charge in [-0.05, 0) is 30.7 Å². The summed E-state index contributed by atoms with van der Waals surface area (Å²) in [6.45, 7) is 3.00. The van der Waals surface area contributed by atoms with Gasteiger partial charge in [-0.2, -0.15) is 5.06 Å². The summed E-state index contributed by atoms with van der Waals surface area (Å²) in [5.41, 5.74) is 2.14. The monoisotopic (exact) mass is 361 g/mol. The van der Waals surface area contributed by atoms with E-state index in [4.69, 9.17) is 9.57 Å². The topological polar surface area (TPSA) is 59.0 Å². The third kappa shape index (κ3) is 4.03. The molecule has 0 saturated carbocycles. The van der Waals surface area contributed by atoms with E-state index < -0.39 is 12.0 Å². The average Bonchev–Trinajstić information content (AvgIpc) is 3.01. The molecule has 5 nitrogen and oxygen atoms in total. The van der Waals surface area contributed by atoms with Crippen molar-refractivity contribution in [3.63, 3.8) is 0 Å². The maximum atomic E-state index is 11.8. The summed E-state index contributed by atoms with van der Waals surface area (Å²) in [6.07, 6.45) is 1.38. The van der Waals surface area contributed by atoms with Gasteiger partial charge in [0.1, 0.15) is 11.8 Å². The minimum absolute atomic E-state index is 0.186. The van der Waals surface area contributed by atoms with Gasteiger partial charge in [0.2, 0.25) is 0 Å². The van der Waals surface area contributed by atoms with E-state index in [1.54, 1.807) is 23.5 Å². The van der Waals surface area contributed by atoms with E-state index in [0.717, 1.165) is 28.2 Å². The molecule has 1 aromatic heterocycles. The van der Waals surface area contributed by atoms with Crippen molar-refractivity contribution in [1.29, 1.82) is 0 Å². The first-order valence-corrected chi connectivity index (χ1v) is 9.26. The molecule has 0 spiro atoms. The van der Waals surface area contributed by atoms with Crippen molar-refractivity contribution in [2.45, 2.75) is 38.3 Å². The third-order valence-electron chi connectivity index (χ3n) is 4.60. The Bertz CT molecular complexity index is 715. The van der Waals surface area contributed by atoms with E-state index in [2.05, 4.69) is 5.38 Å². The number of hydrogen-bond donors (Lipinski definition) is 1. The van der Waals surface area contributed by atoms with Crippen LogP contribution in [0.15, 0.2) is 35.7 Å². The lowest BCUT2D eigenvalue weighted by molar-refractivity contribution is -0.216. The number of aliphatic carboxylic acids is 1. The molecule has 0 bridgehead atoms. The number of ether oxygens (including phenoxy) is 1. The first-order valence-electron chi connectivity index (χ1n) is 8.38. The fraction of sp³-hybridized carbons (Fsp3) is 0.421. The Morgan fingerprint density at radius 3 is 2.80 bits per heavy atom. The van der Waals surface area contributed by atoms with Crippen LogP contribution in [0.25, 0.3) is 0 Å². The number of benzene rings is 1. The summed E-state index contributed by atoms with van der Waals surface area (Å²) in [4.78, 5) is 18.7. The number of methoxy groups -OCH3 is 1. The number of hydrogen-bond acceptors (Lipinski definition) is 5. The molecule has 2 aromatic rings. The first kappa shape index (κ1) is 17.9. The minimum atomic E-state index is -0.843. The van der Waals surface area contributed by atoms with Crippen molar-refractivity contribution < 1.29 is 19.5 Å². The Morgan fingerprint density at radius 2 is 2.12 bits per heavy atom. The zero-order valence-electron chi connectivity index (χ0n) is 14.5. The predicted octanol–water partition coefficient (Wildman–Crippen LogP) is 3.83. The van der Waals surface area contributed by atoms with E-state index in [-0.39, 0.29) is 5.92 Å². The van der Waals surface area contributed by atoms with Crippen molar-refractivity contribution in [3.8, 4) is 5.75 Å². The van der Waals surface area contributed by atoms with Crippen LogP contribution in [0.4, 0.5) is 0 Å². The van der Waals surface area contributed by atoms with E-state index >= 15 is 0 Å². The van der Waals surface area contributed by atoms with Crippen LogP contribution in [0, 0.1) is 6.92 Å². The van der Waals surface area contributed by atoms with Crippen LogP contribution >= 0.6 is 11.3 Å². The van der Waals surface area contributed by atoms with Gasteiger partial charge >= 0.3 is 5.97 Å². The molecule has 0 amide bonds. The summed E-state index contributed by atoms with van der Waals surface area (Å²) < 4.78 is 5.52. The molecule has 1 aromatic carbocycles. The van der Waals surface area contributed by atoms with Crippen LogP contribution in [0.2, 0.25) is 0 Å². The quantitative estimate of drug-likeness (QED) is 0.847. The highest BCUT2D eigenvalue weighted by molar-refractivity contribution is 7.10. The Labute approximate surface area is 151 Å². The van der Waals surface area contributed by atoms with Crippen LogP contribution in [-0.4, -0.2) is 35.8 Å². The standard InChI is InChI=1S/C19H23NO4S/c1-13-12-25-18(17(13)23-2)15-8-9-20(16(10-15)19(21)22)24-11-14-6-4-3-5-7-14/h3-7,12,15-16H,8-11H2,1-2H3,(H,21,22). The van der Waals surface area contributed by atoms with Crippen molar-refractivity contribution in [1.82, 2.24) is 5.06 Å². The number of carboxylic acid groups (broad SMARTS) is 1. The number of piperidine rings is 1. The zero-order chi connectivity index (χ0) is 17.8. The van der Waals surface area contributed by atoms with E-state index in [9.17, 15) is 9.90 Å². The molecule has 0 radical (unpaired) electrons. The third-order valence-corrected chi connectivity index (χ3v) is 5.84. The second kappa shape index (κ2) is 7.99. The fourth-order valence-corrected chi connectivity index (χ4v) is 4.46. The molecule has 1 aliphatic rings. The van der Waals surface area contributed by atoms with Crippen molar-refractivity contribution >= 4 is 17.3 Å². The van der Waals surface area contributed by atoms with E-state index in [0.29, 0.717) is 19.6 Å². The Kier molecular flexibility index (Phi) is 5.73. The van der Waals surface area contributed by atoms with Crippen molar-refractivity contribution in [3.05, 3.63) is 51.7 Å². The van der Waals surface area contributed by atoms with Gasteiger partial charge in [-0.1, -0.05) is 30.3 Å². The van der Waals surface area contributed by atoms with Gasteiger partial charge in [0.05, 0.1) is 13.7 Å². The number of hydroxylamine groups is 2. The lowest BCUT2D eigenvalue weighted by Gasteiger charge is -2.36. The van der Waals surface area contributed by atoms with Crippen LogP contribution in [-0.2, 0) is 16.2 Å². The summed E-state index contributed by atoms with van der Waals surface area (Å²) >= 11 is 1.66. The normalized spacial score (nSPS) is 21.2. The molecule has 1 fully saturated rings. The second-order valence-electron chi connectivity index (χ2n) is 6.29. The lowest BCUT2D eigenvalue weighted by Crippen LogP contribution is -2.46. The molecule has 0 aliphatic carbocycles. The SMILES string of the molecule is COc1c(C)csc1C1CCN(OCc2ccccc2)C(C(=O)O)C1. The van der Waals surface area contributed by atoms with Crippen LogP contribution in [0.3, 0.4) is 0 Å². The molecule has 6 heteroatoms. The highest BCUT2D eigenvalue weighted by atomic mass is 32.1. The number of thiophene rings is 1. The van der Waals surface area contributed by atoms with E-state index in [1.807, 2.05) is 37.3 Å². The average molecular weight is 361 g/mol. The summed E-state index contributed by atoms with van der Waals surface area (Å²) in [5, 5.41) is 13.3. The lowest BCUT2D eigenvalue weighted by atomic mass is 9.90. The zero-order valence-corrected chi connectivity index (χ0v) is 15.3. The predicted molar refractivity (Wildman–Crippen MR) is 96.9 cm³/mol. The molecule has 1 aliphatic heterocycles. The highest BCUT2D eigenvalue weighted by Gasteiger charge is 2.36. The van der Waals surface area contributed by atoms with Gasteiger partial charge < -0.3 is 9.84 Å². The van der Waals surface area contributed by atoms with Crippen LogP contribution in [0.1, 0.15) is 34.8 Å². The molecule has 1 saturated heterocycles. The molecular formula is C19H23NO4S. The Balaban J connectivity index is 1.69. The van der Waals surface area contributed by atoms with Gasteiger partial charge in [-0.15, -0.1) is 11.3 Å². The number of nitrogens with zero attached hydrogens (tertiary/aromatic N) is 1. The molecule has 134 valence electrons. The van der Waals surface area contributed by atoms with Crippen molar-refractivity contribution in [2.24, 2.45) is 0 Å². The van der Waals surface area contributed by atoms with Crippen LogP contribution in [0.5, 0.6) is 5.75 Å². The second-order valence-corrected chi connectivity index (χ2v) is 7.20. The number of aryl methyl sites for hydroxylation is 1. The van der Waals surface area contributed by atoms with E-state index in [1.165, 1.54) is 0 Å². The number of rotatable bonds is 6. The summed E-state index contributed by atoms with van der Waals surface area (Å²) in [6, 6.07) is 9.15. The summed E-state index contributed by atoms with van der Waals surface area (Å²) in [5.74, 6) is 0.245.